The van der Waals surface area contributed by atoms with Gasteiger partial charge in [0.15, 0.2) is 0 Å². The topological polar surface area (TPSA) is 89.8 Å². The van der Waals surface area contributed by atoms with Gasteiger partial charge in [0.2, 0.25) is 0 Å². The minimum atomic E-state index is -3.86. The third-order valence-corrected chi connectivity index (χ3v) is 5.78. The monoisotopic (exact) mass is 407 g/mol. The molecule has 2 heterocycles. The number of imidazole rings is 1. The van der Waals surface area contributed by atoms with Crippen LogP contribution >= 0.6 is 0 Å². The van der Waals surface area contributed by atoms with Gasteiger partial charge < -0.3 is 9.14 Å². The Balaban J connectivity index is 1.68. The first-order valence-electron chi connectivity index (χ1n) is 8.72. The molecule has 0 unspecified atom stereocenters. The number of carbonyl (C=O) groups excluding carboxylic acids is 1. The molecule has 7 nitrogen and oxygen atoms in total. The highest BCUT2D eigenvalue weighted by Crippen LogP contribution is 2.29. The lowest BCUT2D eigenvalue weighted by atomic mass is 10.1. The summed E-state index contributed by atoms with van der Waals surface area (Å²) in [7, 11) is -2.59. The van der Waals surface area contributed by atoms with Gasteiger partial charge in [-0.05, 0) is 42.5 Å². The van der Waals surface area contributed by atoms with E-state index in [-0.39, 0.29) is 10.5 Å². The second-order valence-corrected chi connectivity index (χ2v) is 7.94. The summed E-state index contributed by atoms with van der Waals surface area (Å²) < 4.78 is 34.8. The number of anilines is 1. The van der Waals surface area contributed by atoms with Crippen LogP contribution in [0.3, 0.4) is 0 Å². The first-order chi connectivity index (χ1) is 14.0. The Hall–Kier alpha value is -3.65. The van der Waals surface area contributed by atoms with Gasteiger partial charge >= 0.3 is 5.97 Å². The van der Waals surface area contributed by atoms with Gasteiger partial charge in [-0.15, -0.1) is 0 Å². The molecular formula is C21H17N3O4S. The summed E-state index contributed by atoms with van der Waals surface area (Å²) in [5.41, 5.74) is 2.75. The maximum Gasteiger partial charge on any atom is 0.337 e. The van der Waals surface area contributed by atoms with E-state index in [9.17, 15) is 13.2 Å². The lowest BCUT2D eigenvalue weighted by Crippen LogP contribution is -2.14. The van der Waals surface area contributed by atoms with Crippen molar-refractivity contribution < 1.29 is 17.9 Å². The number of carbonyl (C=O) groups is 1. The molecule has 0 fully saturated rings. The third-order valence-electron chi connectivity index (χ3n) is 4.40. The van der Waals surface area contributed by atoms with Crippen molar-refractivity contribution in [1.82, 2.24) is 9.38 Å². The van der Waals surface area contributed by atoms with E-state index in [0.29, 0.717) is 16.9 Å². The zero-order valence-corrected chi connectivity index (χ0v) is 16.3. The molecule has 4 rings (SSSR count). The summed E-state index contributed by atoms with van der Waals surface area (Å²) >= 11 is 0. The van der Waals surface area contributed by atoms with Crippen molar-refractivity contribution in [3.05, 3.63) is 84.7 Å². The second kappa shape index (κ2) is 7.40. The quantitative estimate of drug-likeness (QED) is 0.511. The number of nitrogens with zero attached hydrogens (tertiary/aromatic N) is 2. The van der Waals surface area contributed by atoms with Crippen molar-refractivity contribution in [3.8, 4) is 11.3 Å². The van der Waals surface area contributed by atoms with Crippen LogP contribution in [0.25, 0.3) is 16.9 Å². The number of hydrogen-bond acceptors (Lipinski definition) is 5. The minimum absolute atomic E-state index is 0.0370. The number of pyridine rings is 1. The summed E-state index contributed by atoms with van der Waals surface area (Å²) in [6.07, 6.45) is 3.72. The Morgan fingerprint density at radius 2 is 1.72 bits per heavy atom. The predicted octanol–water partition coefficient (Wildman–Crippen LogP) is 3.59. The molecule has 29 heavy (non-hydrogen) atoms. The number of aromatic nitrogens is 2. The van der Waals surface area contributed by atoms with Gasteiger partial charge in [-0.1, -0.05) is 24.3 Å². The van der Waals surface area contributed by atoms with E-state index < -0.39 is 16.0 Å². The first-order valence-corrected chi connectivity index (χ1v) is 10.2. The number of benzene rings is 2. The zero-order valence-electron chi connectivity index (χ0n) is 15.4. The molecule has 2 aromatic carbocycles. The molecule has 146 valence electrons. The molecule has 0 aliphatic heterocycles. The highest BCUT2D eigenvalue weighted by molar-refractivity contribution is 7.92. The third kappa shape index (κ3) is 3.70. The molecule has 0 atom stereocenters. The summed E-state index contributed by atoms with van der Waals surface area (Å²) in [6, 6.07) is 18.3. The van der Waals surface area contributed by atoms with Gasteiger partial charge in [-0.25, -0.2) is 18.2 Å². The molecule has 0 bridgehead atoms. The van der Waals surface area contributed by atoms with Gasteiger partial charge in [-0.2, -0.15) is 0 Å². The molecule has 0 aliphatic carbocycles. The summed E-state index contributed by atoms with van der Waals surface area (Å²) in [4.78, 5) is 16.1. The molecule has 0 saturated carbocycles. The van der Waals surface area contributed by atoms with Gasteiger partial charge in [0.1, 0.15) is 5.65 Å². The average molecular weight is 407 g/mol. The minimum Gasteiger partial charge on any atom is -0.465 e. The largest absolute Gasteiger partial charge is 0.465 e. The standard InChI is InChI=1S/C21H17N3O4S/c1-28-21(25)15-9-11-16(12-10-15)29(26,27)23-18-7-3-2-6-17(18)19-14-24-13-5-4-8-20(24)22-19/h2-14,23H,1H3. The molecule has 0 radical (unpaired) electrons. The molecule has 0 saturated heterocycles. The van der Waals surface area contributed by atoms with E-state index in [4.69, 9.17) is 0 Å². The van der Waals surface area contributed by atoms with E-state index in [1.165, 1.54) is 31.4 Å². The van der Waals surface area contributed by atoms with Crippen LogP contribution < -0.4 is 4.72 Å². The Bertz CT molecular complexity index is 1260. The van der Waals surface area contributed by atoms with E-state index in [2.05, 4.69) is 14.4 Å². The van der Waals surface area contributed by atoms with E-state index >= 15 is 0 Å². The molecule has 0 spiro atoms. The number of nitrogens with one attached hydrogen (secondary N) is 1. The summed E-state index contributed by atoms with van der Waals surface area (Å²) in [6.45, 7) is 0. The molecule has 0 amide bonds. The second-order valence-electron chi connectivity index (χ2n) is 6.26. The van der Waals surface area contributed by atoms with Crippen LogP contribution in [0.5, 0.6) is 0 Å². The predicted molar refractivity (Wildman–Crippen MR) is 109 cm³/mol. The average Bonchev–Trinajstić information content (AvgIpc) is 3.17. The lowest BCUT2D eigenvalue weighted by molar-refractivity contribution is 0.0600. The smallest absolute Gasteiger partial charge is 0.337 e. The van der Waals surface area contributed by atoms with Crippen molar-refractivity contribution in [2.45, 2.75) is 4.90 Å². The van der Waals surface area contributed by atoms with E-state index in [1.54, 1.807) is 18.2 Å². The molecular weight excluding hydrogens is 390 g/mol. The fourth-order valence-corrected chi connectivity index (χ4v) is 4.03. The van der Waals surface area contributed by atoms with E-state index in [1.807, 2.05) is 41.1 Å². The number of ether oxygens (including phenoxy) is 1. The number of rotatable bonds is 5. The fraction of sp³-hybridized carbons (Fsp3) is 0.0476. The first kappa shape index (κ1) is 18.7. The Morgan fingerprint density at radius 3 is 2.45 bits per heavy atom. The molecule has 4 aromatic rings. The van der Waals surface area contributed by atoms with Gasteiger partial charge in [-0.3, -0.25) is 4.72 Å². The van der Waals surface area contributed by atoms with Crippen LogP contribution in [0, 0.1) is 0 Å². The number of esters is 1. The fourth-order valence-electron chi connectivity index (χ4n) is 2.95. The Labute approximate surface area is 167 Å². The number of methoxy groups -OCH3 is 1. The maximum atomic E-state index is 12.9. The van der Waals surface area contributed by atoms with Gasteiger partial charge in [0, 0.05) is 18.0 Å². The Morgan fingerprint density at radius 1 is 1.00 bits per heavy atom. The van der Waals surface area contributed by atoms with Crippen LogP contribution in [0.4, 0.5) is 5.69 Å². The normalized spacial score (nSPS) is 11.3. The molecule has 1 N–H and O–H groups in total. The van der Waals surface area contributed by atoms with Crippen LogP contribution in [0.2, 0.25) is 0 Å². The Kier molecular flexibility index (Phi) is 4.77. The number of para-hydroxylation sites is 1. The van der Waals surface area contributed by atoms with Crippen molar-refractivity contribution in [2.75, 3.05) is 11.8 Å². The molecule has 0 aliphatic rings. The highest BCUT2D eigenvalue weighted by Gasteiger charge is 2.18. The number of sulfonamides is 1. The van der Waals surface area contributed by atoms with E-state index in [0.717, 1.165) is 5.65 Å². The zero-order chi connectivity index (χ0) is 20.4. The van der Waals surface area contributed by atoms with Crippen molar-refractivity contribution >= 4 is 27.3 Å². The summed E-state index contributed by atoms with van der Waals surface area (Å²) in [5, 5.41) is 0. The lowest BCUT2D eigenvalue weighted by Gasteiger charge is -2.11. The van der Waals surface area contributed by atoms with Gasteiger partial charge in [0.05, 0.1) is 29.0 Å². The summed E-state index contributed by atoms with van der Waals surface area (Å²) in [5.74, 6) is -0.529. The number of fused-ring (bicyclic) bond motifs is 1. The van der Waals surface area contributed by atoms with Crippen LogP contribution in [0.15, 0.2) is 84.0 Å². The van der Waals surface area contributed by atoms with Crippen molar-refractivity contribution in [3.63, 3.8) is 0 Å². The van der Waals surface area contributed by atoms with Gasteiger partial charge in [0.25, 0.3) is 10.0 Å². The number of hydrogen-bond donors (Lipinski definition) is 1. The maximum absolute atomic E-state index is 12.9. The SMILES string of the molecule is COC(=O)c1ccc(S(=O)(=O)Nc2ccccc2-c2cn3ccccc3n2)cc1. The highest BCUT2D eigenvalue weighted by atomic mass is 32.2. The van der Waals surface area contributed by atoms with Crippen molar-refractivity contribution in [1.29, 1.82) is 0 Å². The van der Waals surface area contributed by atoms with Crippen LogP contribution in [-0.4, -0.2) is 30.9 Å². The van der Waals surface area contributed by atoms with Crippen LogP contribution in [-0.2, 0) is 14.8 Å². The molecule has 8 heteroatoms. The van der Waals surface area contributed by atoms with Crippen LogP contribution in [0.1, 0.15) is 10.4 Å². The molecule has 2 aromatic heterocycles. The van der Waals surface area contributed by atoms with Crippen molar-refractivity contribution in [2.24, 2.45) is 0 Å².